The lowest BCUT2D eigenvalue weighted by atomic mass is 9.98. The van der Waals surface area contributed by atoms with E-state index in [1.807, 2.05) is 12.1 Å². The molecule has 1 fully saturated rings. The number of rotatable bonds is 7. The summed E-state index contributed by atoms with van der Waals surface area (Å²) in [6, 6.07) is 8.04. The van der Waals surface area contributed by atoms with Gasteiger partial charge in [-0.05, 0) is 62.9 Å². The summed E-state index contributed by atoms with van der Waals surface area (Å²) in [6.07, 6.45) is 3.56. The topological polar surface area (TPSA) is 39.7 Å². The Kier molecular flexibility index (Phi) is 11.5. The van der Waals surface area contributed by atoms with Crippen LogP contribution in [0.25, 0.3) is 0 Å². The number of halogens is 2. The highest BCUT2D eigenvalue weighted by Crippen LogP contribution is 2.16. The highest BCUT2D eigenvalue weighted by Gasteiger charge is 2.18. The molecular formula is C19H32ClIN4. The van der Waals surface area contributed by atoms with Crippen molar-refractivity contribution in [3.05, 3.63) is 34.9 Å². The molecule has 1 aromatic carbocycles. The molecule has 0 saturated carbocycles. The van der Waals surface area contributed by atoms with Gasteiger partial charge in [0.15, 0.2) is 5.96 Å². The van der Waals surface area contributed by atoms with Gasteiger partial charge in [-0.25, -0.2) is 0 Å². The third-order valence-corrected chi connectivity index (χ3v) is 4.77. The van der Waals surface area contributed by atoms with E-state index in [2.05, 4.69) is 41.5 Å². The number of hydrogen-bond donors (Lipinski definition) is 2. The van der Waals surface area contributed by atoms with Gasteiger partial charge in [-0.2, -0.15) is 0 Å². The van der Waals surface area contributed by atoms with Gasteiger partial charge in [-0.1, -0.05) is 30.7 Å². The Morgan fingerprint density at radius 3 is 2.68 bits per heavy atom. The molecule has 1 aliphatic rings. The monoisotopic (exact) mass is 478 g/mol. The largest absolute Gasteiger partial charge is 0.357 e. The number of hydrogen-bond acceptors (Lipinski definition) is 2. The van der Waals surface area contributed by atoms with Crippen LogP contribution in [-0.4, -0.2) is 50.1 Å². The standard InChI is InChI=1S/C19H31ClN4.HI/c1-3-21-19(22-12-11-16-7-9-18(20)10-8-16)23-14-17-6-5-13-24(4-2)15-17;/h7-10,17H,3-6,11-15H2,1-2H3,(H2,21,22,23);1H. The van der Waals surface area contributed by atoms with E-state index in [1.165, 1.54) is 31.5 Å². The van der Waals surface area contributed by atoms with Gasteiger partial charge < -0.3 is 15.5 Å². The van der Waals surface area contributed by atoms with Crippen LogP contribution in [0.3, 0.4) is 0 Å². The Labute approximate surface area is 174 Å². The molecule has 2 N–H and O–H groups in total. The first-order valence-corrected chi connectivity index (χ1v) is 9.58. The van der Waals surface area contributed by atoms with Crippen LogP contribution in [0, 0.1) is 5.92 Å². The zero-order chi connectivity index (χ0) is 17.2. The van der Waals surface area contributed by atoms with Gasteiger partial charge in [0.25, 0.3) is 0 Å². The Morgan fingerprint density at radius 1 is 1.24 bits per heavy atom. The van der Waals surface area contributed by atoms with Crippen molar-refractivity contribution >= 4 is 41.5 Å². The predicted octanol–water partition coefficient (Wildman–Crippen LogP) is 3.79. The fourth-order valence-corrected chi connectivity index (χ4v) is 3.25. The van der Waals surface area contributed by atoms with Crippen molar-refractivity contribution < 1.29 is 0 Å². The SMILES string of the molecule is CCNC(=NCC1CCCN(CC)C1)NCCc1ccc(Cl)cc1.I. The molecule has 1 heterocycles. The number of nitrogens with one attached hydrogen (secondary N) is 2. The van der Waals surface area contributed by atoms with Crippen molar-refractivity contribution in [1.82, 2.24) is 15.5 Å². The van der Waals surface area contributed by atoms with Gasteiger partial charge in [0.1, 0.15) is 0 Å². The minimum Gasteiger partial charge on any atom is -0.357 e. The number of nitrogens with zero attached hydrogens (tertiary/aromatic N) is 2. The van der Waals surface area contributed by atoms with Gasteiger partial charge in [0.05, 0.1) is 0 Å². The number of likely N-dealkylation sites (tertiary alicyclic amines) is 1. The lowest BCUT2D eigenvalue weighted by molar-refractivity contribution is 0.186. The molecule has 0 aromatic heterocycles. The summed E-state index contributed by atoms with van der Waals surface area (Å²) in [7, 11) is 0. The number of piperidine rings is 1. The molecule has 0 radical (unpaired) electrons. The van der Waals surface area contributed by atoms with Gasteiger partial charge in [-0.3, -0.25) is 4.99 Å². The van der Waals surface area contributed by atoms with Gasteiger partial charge in [0, 0.05) is 31.2 Å². The van der Waals surface area contributed by atoms with Gasteiger partial charge >= 0.3 is 0 Å². The van der Waals surface area contributed by atoms with Crippen LogP contribution in [0.5, 0.6) is 0 Å². The molecule has 1 unspecified atom stereocenters. The van der Waals surface area contributed by atoms with E-state index in [0.717, 1.165) is 43.6 Å². The summed E-state index contributed by atoms with van der Waals surface area (Å²) in [5, 5.41) is 7.58. The molecular weight excluding hydrogens is 447 g/mol. The maximum absolute atomic E-state index is 5.92. The Morgan fingerprint density at radius 2 is 2.00 bits per heavy atom. The average Bonchev–Trinajstić information content (AvgIpc) is 2.61. The van der Waals surface area contributed by atoms with Crippen LogP contribution >= 0.6 is 35.6 Å². The Hall–Kier alpha value is -0.530. The van der Waals surface area contributed by atoms with Crippen LogP contribution in [0.2, 0.25) is 5.02 Å². The highest BCUT2D eigenvalue weighted by atomic mass is 127. The quantitative estimate of drug-likeness (QED) is 0.356. The molecule has 1 atom stereocenters. The zero-order valence-corrected chi connectivity index (χ0v) is 18.5. The maximum atomic E-state index is 5.92. The molecule has 4 nitrogen and oxygen atoms in total. The minimum absolute atomic E-state index is 0. The Bertz CT molecular complexity index is 507. The molecule has 0 bridgehead atoms. The van der Waals surface area contributed by atoms with Crippen molar-refractivity contribution in [2.45, 2.75) is 33.1 Å². The smallest absolute Gasteiger partial charge is 0.191 e. The lowest BCUT2D eigenvalue weighted by Gasteiger charge is -2.31. The number of aliphatic imine (C=N–C) groups is 1. The van der Waals surface area contributed by atoms with Crippen LogP contribution in [0.1, 0.15) is 32.3 Å². The normalized spacial score (nSPS) is 18.5. The van der Waals surface area contributed by atoms with E-state index < -0.39 is 0 Å². The maximum Gasteiger partial charge on any atom is 0.191 e. The second-order valence-corrected chi connectivity index (χ2v) is 6.86. The van der Waals surface area contributed by atoms with E-state index in [1.54, 1.807) is 0 Å². The molecule has 0 amide bonds. The van der Waals surface area contributed by atoms with Crippen molar-refractivity contribution in [2.24, 2.45) is 10.9 Å². The number of guanidine groups is 1. The van der Waals surface area contributed by atoms with Crippen LogP contribution in [-0.2, 0) is 6.42 Å². The third-order valence-electron chi connectivity index (χ3n) is 4.52. The second-order valence-electron chi connectivity index (χ2n) is 6.42. The summed E-state index contributed by atoms with van der Waals surface area (Å²) in [4.78, 5) is 7.33. The van der Waals surface area contributed by atoms with E-state index in [0.29, 0.717) is 5.92 Å². The summed E-state index contributed by atoms with van der Waals surface area (Å²) >= 11 is 5.92. The molecule has 0 aliphatic carbocycles. The second kappa shape index (κ2) is 12.8. The van der Waals surface area contributed by atoms with Crippen molar-refractivity contribution in [2.75, 3.05) is 39.3 Å². The molecule has 142 valence electrons. The Balaban J connectivity index is 0.00000312. The fourth-order valence-electron chi connectivity index (χ4n) is 3.13. The molecule has 6 heteroatoms. The molecule has 2 rings (SSSR count). The summed E-state index contributed by atoms with van der Waals surface area (Å²) in [6.45, 7) is 10.6. The minimum atomic E-state index is 0. The van der Waals surface area contributed by atoms with Crippen molar-refractivity contribution in [3.63, 3.8) is 0 Å². The summed E-state index contributed by atoms with van der Waals surface area (Å²) in [5.41, 5.74) is 1.29. The van der Waals surface area contributed by atoms with Crippen LogP contribution in [0.15, 0.2) is 29.3 Å². The van der Waals surface area contributed by atoms with Crippen molar-refractivity contribution in [3.8, 4) is 0 Å². The zero-order valence-electron chi connectivity index (χ0n) is 15.4. The summed E-state index contributed by atoms with van der Waals surface area (Å²) < 4.78 is 0. The first kappa shape index (κ1) is 22.5. The first-order chi connectivity index (χ1) is 11.7. The van der Waals surface area contributed by atoms with Crippen LogP contribution < -0.4 is 10.6 Å². The van der Waals surface area contributed by atoms with E-state index in [-0.39, 0.29) is 24.0 Å². The van der Waals surface area contributed by atoms with Crippen molar-refractivity contribution in [1.29, 1.82) is 0 Å². The van der Waals surface area contributed by atoms with E-state index in [4.69, 9.17) is 16.6 Å². The molecule has 1 aromatic rings. The fraction of sp³-hybridized carbons (Fsp3) is 0.632. The summed E-state index contributed by atoms with van der Waals surface area (Å²) in [5.74, 6) is 1.62. The number of benzene rings is 1. The van der Waals surface area contributed by atoms with Gasteiger partial charge in [-0.15, -0.1) is 24.0 Å². The van der Waals surface area contributed by atoms with E-state index in [9.17, 15) is 0 Å². The lowest BCUT2D eigenvalue weighted by Crippen LogP contribution is -2.40. The average molecular weight is 479 g/mol. The molecule has 1 saturated heterocycles. The predicted molar refractivity (Wildman–Crippen MR) is 119 cm³/mol. The van der Waals surface area contributed by atoms with Gasteiger partial charge in [0.2, 0.25) is 0 Å². The van der Waals surface area contributed by atoms with Crippen LogP contribution in [0.4, 0.5) is 0 Å². The molecule has 25 heavy (non-hydrogen) atoms. The first-order valence-electron chi connectivity index (χ1n) is 9.20. The van der Waals surface area contributed by atoms with E-state index >= 15 is 0 Å². The molecule has 1 aliphatic heterocycles. The molecule has 0 spiro atoms. The highest BCUT2D eigenvalue weighted by molar-refractivity contribution is 14.0. The third kappa shape index (κ3) is 8.60.